The van der Waals surface area contributed by atoms with Crippen molar-refractivity contribution in [3.63, 3.8) is 0 Å². The standard InChI is InChI=1S/C19H18N2O3S2/c1-13-18(25-17(20-13)11-14-7-4-3-5-8-14)19(22)21-15-9-6-10-16(12-15)26(2,23)24/h3-10,12H,11H2,1-2H3,(H,21,22). The first kappa shape index (κ1) is 18.3. The van der Waals surface area contributed by atoms with Crippen LogP contribution in [0.4, 0.5) is 5.69 Å². The van der Waals surface area contributed by atoms with Crippen molar-refractivity contribution in [3.05, 3.63) is 75.7 Å². The second-order valence-corrected chi connectivity index (χ2v) is 9.04. The first-order valence-corrected chi connectivity index (χ1v) is 10.7. The van der Waals surface area contributed by atoms with Crippen LogP contribution in [0.2, 0.25) is 0 Å². The topological polar surface area (TPSA) is 76.1 Å². The average molecular weight is 386 g/mol. The highest BCUT2D eigenvalue weighted by atomic mass is 32.2. The highest BCUT2D eigenvalue weighted by molar-refractivity contribution is 7.90. The predicted octanol–water partition coefficient (Wildman–Crippen LogP) is 3.70. The summed E-state index contributed by atoms with van der Waals surface area (Å²) < 4.78 is 23.3. The van der Waals surface area contributed by atoms with E-state index < -0.39 is 9.84 Å². The van der Waals surface area contributed by atoms with Gasteiger partial charge in [0.05, 0.1) is 15.6 Å². The third-order valence-corrected chi connectivity index (χ3v) is 6.03. The molecule has 0 atom stereocenters. The van der Waals surface area contributed by atoms with Gasteiger partial charge in [-0.05, 0) is 30.7 Å². The SMILES string of the molecule is Cc1nc(Cc2ccccc2)sc1C(=O)Nc1cccc(S(C)(=O)=O)c1. The second kappa shape index (κ2) is 7.39. The van der Waals surface area contributed by atoms with E-state index in [4.69, 9.17) is 0 Å². The number of benzene rings is 2. The van der Waals surface area contributed by atoms with Crippen molar-refractivity contribution >= 4 is 32.8 Å². The van der Waals surface area contributed by atoms with Crippen molar-refractivity contribution in [2.75, 3.05) is 11.6 Å². The number of nitrogens with one attached hydrogen (secondary N) is 1. The summed E-state index contributed by atoms with van der Waals surface area (Å²) in [6, 6.07) is 16.2. The summed E-state index contributed by atoms with van der Waals surface area (Å²) in [6.45, 7) is 1.80. The number of aromatic nitrogens is 1. The van der Waals surface area contributed by atoms with E-state index in [2.05, 4.69) is 10.3 Å². The monoisotopic (exact) mass is 386 g/mol. The molecule has 134 valence electrons. The minimum Gasteiger partial charge on any atom is -0.321 e. The lowest BCUT2D eigenvalue weighted by molar-refractivity contribution is 0.102. The largest absolute Gasteiger partial charge is 0.321 e. The normalized spacial score (nSPS) is 11.3. The van der Waals surface area contributed by atoms with E-state index in [9.17, 15) is 13.2 Å². The first-order valence-electron chi connectivity index (χ1n) is 7.94. The fraction of sp³-hybridized carbons (Fsp3) is 0.158. The van der Waals surface area contributed by atoms with Crippen LogP contribution >= 0.6 is 11.3 Å². The summed E-state index contributed by atoms with van der Waals surface area (Å²) >= 11 is 1.35. The summed E-state index contributed by atoms with van der Waals surface area (Å²) in [5.74, 6) is -0.287. The van der Waals surface area contributed by atoms with Crippen molar-refractivity contribution in [1.82, 2.24) is 4.98 Å². The zero-order valence-electron chi connectivity index (χ0n) is 14.4. The lowest BCUT2D eigenvalue weighted by Crippen LogP contribution is -2.12. The molecule has 1 amide bonds. The third kappa shape index (κ3) is 4.36. The fourth-order valence-corrected chi connectivity index (χ4v) is 4.16. The maximum absolute atomic E-state index is 12.6. The summed E-state index contributed by atoms with van der Waals surface area (Å²) in [5, 5.41) is 3.62. The van der Waals surface area contributed by atoms with Crippen LogP contribution in [0.25, 0.3) is 0 Å². The molecule has 26 heavy (non-hydrogen) atoms. The number of sulfone groups is 1. The van der Waals surface area contributed by atoms with Gasteiger partial charge in [-0.15, -0.1) is 11.3 Å². The minimum atomic E-state index is -3.33. The zero-order chi connectivity index (χ0) is 18.7. The minimum absolute atomic E-state index is 0.168. The number of aryl methyl sites for hydroxylation is 1. The first-order chi connectivity index (χ1) is 12.3. The Bertz CT molecular complexity index is 1040. The third-order valence-electron chi connectivity index (χ3n) is 3.77. The summed E-state index contributed by atoms with van der Waals surface area (Å²) in [5.41, 5.74) is 2.24. The lowest BCUT2D eigenvalue weighted by Gasteiger charge is -2.06. The van der Waals surface area contributed by atoms with Gasteiger partial charge in [0.15, 0.2) is 9.84 Å². The van der Waals surface area contributed by atoms with Gasteiger partial charge < -0.3 is 5.32 Å². The van der Waals surface area contributed by atoms with Crippen LogP contribution in [0.3, 0.4) is 0 Å². The molecule has 0 aliphatic carbocycles. The number of hydrogen-bond acceptors (Lipinski definition) is 5. The highest BCUT2D eigenvalue weighted by Gasteiger charge is 2.16. The quantitative estimate of drug-likeness (QED) is 0.725. The summed E-state index contributed by atoms with van der Waals surface area (Å²) in [4.78, 5) is 17.8. The molecule has 0 saturated heterocycles. The molecule has 1 heterocycles. The van der Waals surface area contributed by atoms with Crippen molar-refractivity contribution in [3.8, 4) is 0 Å². The lowest BCUT2D eigenvalue weighted by atomic mass is 10.2. The predicted molar refractivity (Wildman–Crippen MR) is 104 cm³/mol. The second-order valence-electron chi connectivity index (χ2n) is 5.94. The molecule has 0 radical (unpaired) electrons. The Morgan fingerprint density at radius 2 is 1.85 bits per heavy atom. The van der Waals surface area contributed by atoms with Crippen LogP contribution in [-0.2, 0) is 16.3 Å². The van der Waals surface area contributed by atoms with E-state index in [1.165, 1.54) is 23.5 Å². The molecule has 0 saturated carbocycles. The number of carbonyl (C=O) groups is 1. The molecule has 0 spiro atoms. The Morgan fingerprint density at radius 3 is 2.54 bits per heavy atom. The number of rotatable bonds is 5. The van der Waals surface area contributed by atoms with E-state index in [1.807, 2.05) is 30.3 Å². The Balaban J connectivity index is 1.78. The van der Waals surface area contributed by atoms with Gasteiger partial charge >= 0.3 is 0 Å². The molecule has 5 nitrogen and oxygen atoms in total. The van der Waals surface area contributed by atoms with Gasteiger partial charge in [0.25, 0.3) is 5.91 Å². The van der Waals surface area contributed by atoms with Crippen LogP contribution in [-0.4, -0.2) is 25.6 Å². The Kier molecular flexibility index (Phi) is 5.20. The van der Waals surface area contributed by atoms with Gasteiger partial charge in [0.2, 0.25) is 0 Å². The van der Waals surface area contributed by atoms with Crippen molar-refractivity contribution in [2.45, 2.75) is 18.2 Å². The summed E-state index contributed by atoms with van der Waals surface area (Å²) in [7, 11) is -3.33. The number of carbonyl (C=O) groups excluding carboxylic acids is 1. The van der Waals surface area contributed by atoms with Crippen molar-refractivity contribution in [2.24, 2.45) is 0 Å². The van der Waals surface area contributed by atoms with E-state index in [-0.39, 0.29) is 10.8 Å². The number of anilines is 1. The van der Waals surface area contributed by atoms with Crippen molar-refractivity contribution < 1.29 is 13.2 Å². The molecule has 0 bridgehead atoms. The number of thiazole rings is 1. The van der Waals surface area contributed by atoms with Gasteiger partial charge in [0.1, 0.15) is 4.88 Å². The van der Waals surface area contributed by atoms with Crippen LogP contribution in [0, 0.1) is 6.92 Å². The number of nitrogens with zero attached hydrogens (tertiary/aromatic N) is 1. The molecule has 0 aliphatic rings. The molecule has 0 aliphatic heterocycles. The maximum Gasteiger partial charge on any atom is 0.267 e. The maximum atomic E-state index is 12.6. The van der Waals surface area contributed by atoms with Crippen LogP contribution in [0.1, 0.15) is 25.9 Å². The molecular weight excluding hydrogens is 368 g/mol. The molecule has 0 unspecified atom stereocenters. The van der Waals surface area contributed by atoms with E-state index in [1.54, 1.807) is 19.1 Å². The van der Waals surface area contributed by atoms with Gasteiger partial charge in [-0.1, -0.05) is 36.4 Å². The molecule has 3 aromatic rings. The van der Waals surface area contributed by atoms with Gasteiger partial charge in [-0.2, -0.15) is 0 Å². The molecule has 1 aromatic heterocycles. The zero-order valence-corrected chi connectivity index (χ0v) is 16.0. The average Bonchev–Trinajstić information content (AvgIpc) is 2.96. The van der Waals surface area contributed by atoms with Crippen LogP contribution in [0.15, 0.2) is 59.5 Å². The van der Waals surface area contributed by atoms with Crippen LogP contribution < -0.4 is 5.32 Å². The van der Waals surface area contributed by atoms with Crippen LogP contribution in [0.5, 0.6) is 0 Å². The Hall–Kier alpha value is -2.51. The number of amides is 1. The highest BCUT2D eigenvalue weighted by Crippen LogP contribution is 2.23. The summed E-state index contributed by atoms with van der Waals surface area (Å²) in [6.07, 6.45) is 1.81. The van der Waals surface area contributed by atoms with E-state index >= 15 is 0 Å². The van der Waals surface area contributed by atoms with E-state index in [0.717, 1.165) is 16.8 Å². The Morgan fingerprint density at radius 1 is 1.12 bits per heavy atom. The van der Waals surface area contributed by atoms with Gasteiger partial charge in [-0.25, -0.2) is 13.4 Å². The molecule has 3 rings (SSSR count). The van der Waals surface area contributed by atoms with Gasteiger partial charge in [-0.3, -0.25) is 4.79 Å². The molecular formula is C19H18N2O3S2. The van der Waals surface area contributed by atoms with E-state index in [0.29, 0.717) is 22.7 Å². The number of hydrogen-bond donors (Lipinski definition) is 1. The van der Waals surface area contributed by atoms with Crippen molar-refractivity contribution in [1.29, 1.82) is 0 Å². The smallest absolute Gasteiger partial charge is 0.267 e. The molecule has 0 fully saturated rings. The molecule has 7 heteroatoms. The fourth-order valence-electron chi connectivity index (χ4n) is 2.50. The van der Waals surface area contributed by atoms with Gasteiger partial charge in [0, 0.05) is 18.4 Å². The molecule has 2 aromatic carbocycles. The molecule has 1 N–H and O–H groups in total. The Labute approximate surface area is 156 Å².